The monoisotopic (exact) mass is 313 g/mol. The molecule has 23 heavy (non-hydrogen) atoms. The van der Waals surface area contributed by atoms with Crippen molar-refractivity contribution in [3.8, 4) is 0 Å². The second-order valence-electron chi connectivity index (χ2n) is 4.46. The van der Waals surface area contributed by atoms with Gasteiger partial charge in [-0.3, -0.25) is 10.1 Å². The Balaban J connectivity index is 1.97. The molecule has 10 heteroatoms. The Kier molecular flexibility index (Phi) is 3.78. The fraction of sp³-hybridized carbons (Fsp3) is 0.0769. The van der Waals surface area contributed by atoms with Crippen LogP contribution < -0.4 is 10.6 Å². The van der Waals surface area contributed by atoms with E-state index in [1.54, 1.807) is 37.4 Å². The number of anilines is 4. The van der Waals surface area contributed by atoms with E-state index in [1.165, 1.54) is 6.33 Å². The normalized spacial score (nSPS) is 10.3. The summed E-state index contributed by atoms with van der Waals surface area (Å²) in [4.78, 5) is 22.7. The topological polar surface area (TPSA) is 132 Å². The summed E-state index contributed by atoms with van der Waals surface area (Å²) in [6, 6.07) is 6.75. The molecule has 10 nitrogen and oxygen atoms in total. The number of hydrogen-bond acceptors (Lipinski definition) is 9. The van der Waals surface area contributed by atoms with Crippen LogP contribution in [0.15, 0.2) is 41.3 Å². The van der Waals surface area contributed by atoms with Gasteiger partial charge in [0.15, 0.2) is 5.82 Å². The van der Waals surface area contributed by atoms with E-state index in [-0.39, 0.29) is 17.3 Å². The third-order valence-electron chi connectivity index (χ3n) is 2.79. The molecule has 0 unspecified atom stereocenters. The second-order valence-corrected chi connectivity index (χ2v) is 4.46. The van der Waals surface area contributed by atoms with Gasteiger partial charge >= 0.3 is 5.69 Å². The molecule has 0 saturated heterocycles. The van der Waals surface area contributed by atoms with Crippen molar-refractivity contribution in [1.82, 2.24) is 20.1 Å². The zero-order chi connectivity index (χ0) is 16.2. The van der Waals surface area contributed by atoms with E-state index in [9.17, 15) is 10.1 Å². The molecule has 0 radical (unpaired) electrons. The van der Waals surface area contributed by atoms with Crippen molar-refractivity contribution in [2.45, 2.75) is 6.92 Å². The van der Waals surface area contributed by atoms with Crippen molar-refractivity contribution in [2.24, 2.45) is 0 Å². The molecule has 0 aromatic carbocycles. The van der Waals surface area contributed by atoms with Gasteiger partial charge in [0.2, 0.25) is 11.6 Å². The van der Waals surface area contributed by atoms with Crippen LogP contribution in [0.3, 0.4) is 0 Å². The van der Waals surface area contributed by atoms with Gasteiger partial charge in [0.05, 0.1) is 4.92 Å². The summed E-state index contributed by atoms with van der Waals surface area (Å²) in [6.07, 6.45) is 2.76. The SMILES string of the molecule is Cc1cc(Nc2ncnc(Nc3ccccn3)c2[N+](=O)[O-])no1. The fourth-order valence-corrected chi connectivity index (χ4v) is 1.84. The van der Waals surface area contributed by atoms with Crippen molar-refractivity contribution in [2.75, 3.05) is 10.6 Å². The Morgan fingerprint density at radius 1 is 1.13 bits per heavy atom. The van der Waals surface area contributed by atoms with E-state index in [0.29, 0.717) is 17.4 Å². The van der Waals surface area contributed by atoms with Crippen molar-refractivity contribution in [3.63, 3.8) is 0 Å². The number of rotatable bonds is 5. The molecule has 0 spiro atoms. The highest BCUT2D eigenvalue weighted by molar-refractivity contribution is 5.75. The molecule has 3 heterocycles. The largest absolute Gasteiger partial charge is 0.360 e. The van der Waals surface area contributed by atoms with Gasteiger partial charge in [-0.15, -0.1) is 0 Å². The highest BCUT2D eigenvalue weighted by Gasteiger charge is 2.24. The molecule has 116 valence electrons. The average molecular weight is 313 g/mol. The number of aromatic nitrogens is 4. The number of nitrogens with zero attached hydrogens (tertiary/aromatic N) is 5. The first-order valence-corrected chi connectivity index (χ1v) is 6.51. The lowest BCUT2D eigenvalue weighted by Crippen LogP contribution is -2.06. The van der Waals surface area contributed by atoms with E-state index in [0.717, 1.165) is 0 Å². The van der Waals surface area contributed by atoms with Crippen LogP contribution in [0.4, 0.5) is 29.0 Å². The molecule has 0 saturated carbocycles. The minimum absolute atomic E-state index is 0.00303. The van der Waals surface area contributed by atoms with Crippen molar-refractivity contribution < 1.29 is 9.45 Å². The highest BCUT2D eigenvalue weighted by atomic mass is 16.6. The van der Waals surface area contributed by atoms with E-state index >= 15 is 0 Å². The van der Waals surface area contributed by atoms with Crippen LogP contribution in [-0.2, 0) is 0 Å². The number of nitro groups is 1. The molecule has 3 aromatic rings. The van der Waals surface area contributed by atoms with Crippen LogP contribution in [0.1, 0.15) is 5.76 Å². The molecule has 0 bridgehead atoms. The van der Waals surface area contributed by atoms with Crippen LogP contribution in [0.2, 0.25) is 0 Å². The van der Waals surface area contributed by atoms with Gasteiger partial charge in [-0.1, -0.05) is 11.2 Å². The summed E-state index contributed by atoms with van der Waals surface area (Å²) in [7, 11) is 0. The summed E-state index contributed by atoms with van der Waals surface area (Å²) in [6.45, 7) is 1.71. The Bertz CT molecular complexity index is 835. The highest BCUT2D eigenvalue weighted by Crippen LogP contribution is 2.32. The molecule has 0 aliphatic heterocycles. The van der Waals surface area contributed by atoms with Crippen LogP contribution in [0, 0.1) is 17.0 Å². The third kappa shape index (κ3) is 3.20. The maximum Gasteiger partial charge on any atom is 0.354 e. The van der Waals surface area contributed by atoms with Gasteiger partial charge in [0.25, 0.3) is 0 Å². The molecule has 0 atom stereocenters. The summed E-state index contributed by atoms with van der Waals surface area (Å²) < 4.78 is 4.91. The van der Waals surface area contributed by atoms with Crippen molar-refractivity contribution in [3.05, 3.63) is 52.7 Å². The first-order chi connectivity index (χ1) is 11.1. The second kappa shape index (κ2) is 6.05. The average Bonchev–Trinajstić information content (AvgIpc) is 2.93. The summed E-state index contributed by atoms with van der Waals surface area (Å²) in [5.74, 6) is 1.32. The van der Waals surface area contributed by atoms with Crippen LogP contribution in [-0.4, -0.2) is 25.0 Å². The Morgan fingerprint density at radius 3 is 2.43 bits per heavy atom. The third-order valence-corrected chi connectivity index (χ3v) is 2.79. The van der Waals surface area contributed by atoms with Crippen LogP contribution in [0.5, 0.6) is 0 Å². The standard InChI is InChI=1S/C13H11N7O3/c1-8-6-10(19-23-8)18-13-11(20(21)22)12(15-7-16-13)17-9-4-2-3-5-14-9/h2-7H,1H3,(H2,14,15,16,17,18,19). The van der Waals surface area contributed by atoms with Gasteiger partial charge in [0, 0.05) is 12.3 Å². The molecule has 0 aliphatic rings. The summed E-state index contributed by atoms with van der Waals surface area (Å²) in [5, 5.41) is 20.7. The smallest absolute Gasteiger partial charge is 0.354 e. The molecule has 0 aliphatic carbocycles. The van der Waals surface area contributed by atoms with E-state index in [1.807, 2.05) is 0 Å². The molecular formula is C13H11N7O3. The van der Waals surface area contributed by atoms with Crippen molar-refractivity contribution >= 4 is 29.0 Å². The summed E-state index contributed by atoms with van der Waals surface area (Å²) in [5.41, 5.74) is -0.321. The lowest BCUT2D eigenvalue weighted by atomic mass is 10.4. The Labute approximate surface area is 129 Å². The van der Waals surface area contributed by atoms with Gasteiger partial charge in [-0.25, -0.2) is 15.0 Å². The number of pyridine rings is 1. The number of hydrogen-bond donors (Lipinski definition) is 2. The maximum atomic E-state index is 11.4. The van der Waals surface area contributed by atoms with E-state index in [4.69, 9.17) is 4.52 Å². The fourth-order valence-electron chi connectivity index (χ4n) is 1.84. The summed E-state index contributed by atoms with van der Waals surface area (Å²) >= 11 is 0. The first kappa shape index (κ1) is 14.4. The zero-order valence-corrected chi connectivity index (χ0v) is 11.9. The predicted octanol–water partition coefficient (Wildman–Crippen LogP) is 2.56. The molecule has 2 N–H and O–H groups in total. The molecular weight excluding hydrogens is 302 g/mol. The van der Waals surface area contributed by atoms with E-state index < -0.39 is 4.92 Å². The van der Waals surface area contributed by atoms with Gasteiger partial charge in [0.1, 0.15) is 17.9 Å². The number of aryl methyl sites for hydroxylation is 1. The molecule has 3 aromatic heterocycles. The van der Waals surface area contributed by atoms with Gasteiger partial charge < -0.3 is 15.2 Å². The molecule has 3 rings (SSSR count). The first-order valence-electron chi connectivity index (χ1n) is 6.51. The predicted molar refractivity (Wildman–Crippen MR) is 80.7 cm³/mol. The Morgan fingerprint density at radius 2 is 1.87 bits per heavy atom. The van der Waals surface area contributed by atoms with Gasteiger partial charge in [-0.2, -0.15) is 0 Å². The zero-order valence-electron chi connectivity index (χ0n) is 11.9. The Hall–Kier alpha value is -3.56. The van der Waals surface area contributed by atoms with Crippen LogP contribution in [0.25, 0.3) is 0 Å². The van der Waals surface area contributed by atoms with Gasteiger partial charge in [-0.05, 0) is 19.1 Å². The van der Waals surface area contributed by atoms with E-state index in [2.05, 4.69) is 30.7 Å². The number of nitrogens with one attached hydrogen (secondary N) is 2. The molecule has 0 fully saturated rings. The lowest BCUT2D eigenvalue weighted by molar-refractivity contribution is -0.383. The lowest BCUT2D eigenvalue weighted by Gasteiger charge is -2.07. The maximum absolute atomic E-state index is 11.4. The minimum atomic E-state index is -0.583. The molecule has 0 amide bonds. The van der Waals surface area contributed by atoms with Crippen molar-refractivity contribution in [1.29, 1.82) is 0 Å². The van der Waals surface area contributed by atoms with Crippen LogP contribution >= 0.6 is 0 Å². The minimum Gasteiger partial charge on any atom is -0.360 e. The quantitative estimate of drug-likeness (QED) is 0.538.